The highest BCUT2D eigenvalue weighted by Crippen LogP contribution is 2.31. The van der Waals surface area contributed by atoms with E-state index in [1.54, 1.807) is 12.1 Å². The monoisotopic (exact) mass is 324 g/mol. The van der Waals surface area contributed by atoms with Crippen molar-refractivity contribution in [2.75, 3.05) is 0 Å². The van der Waals surface area contributed by atoms with Gasteiger partial charge >= 0.3 is 12.1 Å². The van der Waals surface area contributed by atoms with E-state index in [0.29, 0.717) is 17.1 Å². The summed E-state index contributed by atoms with van der Waals surface area (Å²) in [5, 5.41) is 3.30. The molecule has 0 radical (unpaired) electrons. The van der Waals surface area contributed by atoms with Gasteiger partial charge in [-0.3, -0.25) is 0 Å². The number of aromatic nitrogens is 2. The second-order valence-corrected chi connectivity index (χ2v) is 4.50. The van der Waals surface area contributed by atoms with Gasteiger partial charge in [0.15, 0.2) is 0 Å². The smallest absolute Gasteiger partial charge is 0.457 e. The molecule has 3 aromatic rings. The predicted molar refractivity (Wildman–Crippen MR) is 71.2 cm³/mol. The van der Waals surface area contributed by atoms with E-state index in [9.17, 15) is 17.6 Å². The first-order chi connectivity index (χ1) is 10.9. The number of ether oxygens (including phenoxy) is 1. The first-order valence-corrected chi connectivity index (χ1v) is 6.36. The van der Waals surface area contributed by atoms with Crippen molar-refractivity contribution >= 4 is 0 Å². The van der Waals surface area contributed by atoms with Crippen LogP contribution in [-0.4, -0.2) is 10.1 Å². The third kappa shape index (κ3) is 3.47. The highest BCUT2D eigenvalue weighted by Gasteiger charge is 2.38. The van der Waals surface area contributed by atoms with Gasteiger partial charge in [0.1, 0.15) is 17.3 Å². The van der Waals surface area contributed by atoms with Crippen molar-refractivity contribution < 1.29 is 26.8 Å². The Morgan fingerprint density at radius 1 is 0.957 bits per heavy atom. The second kappa shape index (κ2) is 5.71. The van der Waals surface area contributed by atoms with Crippen molar-refractivity contribution in [2.24, 2.45) is 0 Å². The lowest BCUT2D eigenvalue weighted by molar-refractivity contribution is -0.159. The molecule has 0 amide bonds. The van der Waals surface area contributed by atoms with Crippen LogP contribution in [0.5, 0.6) is 11.5 Å². The molecule has 0 bridgehead atoms. The van der Waals surface area contributed by atoms with Crippen molar-refractivity contribution in [3.8, 4) is 22.9 Å². The van der Waals surface area contributed by atoms with Gasteiger partial charge < -0.3 is 9.26 Å². The number of hydrogen-bond acceptors (Lipinski definition) is 4. The van der Waals surface area contributed by atoms with E-state index in [1.807, 2.05) is 0 Å². The van der Waals surface area contributed by atoms with Gasteiger partial charge in [-0.05, 0) is 36.4 Å². The number of nitrogens with zero attached hydrogens (tertiary/aromatic N) is 2. The number of hydrogen-bond donors (Lipinski definition) is 0. The van der Waals surface area contributed by atoms with Gasteiger partial charge in [0.25, 0.3) is 0 Å². The van der Waals surface area contributed by atoms with Crippen molar-refractivity contribution in [2.45, 2.75) is 6.18 Å². The lowest BCUT2D eigenvalue weighted by Crippen LogP contribution is -2.04. The van der Waals surface area contributed by atoms with Crippen molar-refractivity contribution in [3.05, 3.63) is 60.2 Å². The largest absolute Gasteiger partial charge is 0.471 e. The van der Waals surface area contributed by atoms with Crippen molar-refractivity contribution in [1.29, 1.82) is 0 Å². The molecular formula is C15H8F4N2O2. The third-order valence-electron chi connectivity index (χ3n) is 2.81. The molecule has 118 valence electrons. The number of benzene rings is 2. The van der Waals surface area contributed by atoms with Crippen LogP contribution in [0.2, 0.25) is 0 Å². The third-order valence-corrected chi connectivity index (χ3v) is 2.81. The molecule has 0 aliphatic rings. The topological polar surface area (TPSA) is 48.2 Å². The van der Waals surface area contributed by atoms with Gasteiger partial charge in [-0.2, -0.15) is 18.2 Å². The summed E-state index contributed by atoms with van der Waals surface area (Å²) in [6, 6.07) is 11.4. The van der Waals surface area contributed by atoms with Crippen molar-refractivity contribution in [1.82, 2.24) is 10.1 Å². The summed E-state index contributed by atoms with van der Waals surface area (Å²) in [4.78, 5) is 3.30. The molecule has 0 aliphatic carbocycles. The molecule has 4 nitrogen and oxygen atoms in total. The number of halogens is 4. The molecular weight excluding hydrogens is 316 g/mol. The summed E-state index contributed by atoms with van der Waals surface area (Å²) in [6.45, 7) is 0. The average Bonchev–Trinajstić information content (AvgIpc) is 3.00. The lowest BCUT2D eigenvalue weighted by atomic mass is 10.2. The van der Waals surface area contributed by atoms with Crippen LogP contribution in [0.4, 0.5) is 17.6 Å². The summed E-state index contributed by atoms with van der Waals surface area (Å²) in [6.07, 6.45) is -4.70. The molecule has 8 heteroatoms. The van der Waals surface area contributed by atoms with E-state index in [1.165, 1.54) is 36.4 Å². The Balaban J connectivity index is 1.85. The molecule has 3 rings (SSSR count). The maximum Gasteiger partial charge on any atom is 0.471 e. The Morgan fingerprint density at radius 2 is 1.70 bits per heavy atom. The Hall–Kier alpha value is -2.90. The fraction of sp³-hybridized carbons (Fsp3) is 0.0667. The Morgan fingerprint density at radius 3 is 2.35 bits per heavy atom. The summed E-state index contributed by atoms with van der Waals surface area (Å²) < 4.78 is 59.9. The number of rotatable bonds is 3. The van der Waals surface area contributed by atoms with Crippen LogP contribution in [0.25, 0.3) is 11.4 Å². The molecule has 1 heterocycles. The van der Waals surface area contributed by atoms with Crippen LogP contribution in [-0.2, 0) is 6.18 Å². The van der Waals surface area contributed by atoms with Crippen LogP contribution in [0.3, 0.4) is 0 Å². The molecule has 0 saturated carbocycles. The summed E-state index contributed by atoms with van der Waals surface area (Å²) >= 11 is 0. The number of alkyl halides is 3. The average molecular weight is 324 g/mol. The molecule has 0 saturated heterocycles. The van der Waals surface area contributed by atoms with Gasteiger partial charge in [-0.15, -0.1) is 0 Å². The highest BCUT2D eigenvalue weighted by atomic mass is 19.4. The van der Waals surface area contributed by atoms with Gasteiger partial charge in [0.2, 0.25) is 5.82 Å². The minimum atomic E-state index is -4.70. The normalized spacial score (nSPS) is 11.5. The Bertz CT molecular complexity index is 813. The van der Waals surface area contributed by atoms with E-state index in [4.69, 9.17) is 4.74 Å². The molecule has 2 aromatic carbocycles. The van der Waals surface area contributed by atoms with Crippen molar-refractivity contribution in [3.63, 3.8) is 0 Å². The van der Waals surface area contributed by atoms with Crippen LogP contribution in [0.15, 0.2) is 53.1 Å². The Kier molecular flexibility index (Phi) is 3.73. The van der Waals surface area contributed by atoms with Gasteiger partial charge in [-0.1, -0.05) is 17.3 Å². The first-order valence-electron chi connectivity index (χ1n) is 6.36. The standard InChI is InChI=1S/C15H8F4N2O2/c16-10-4-6-11(7-5-10)22-12-3-1-2-9(8-12)13-20-14(23-21-13)15(17,18)19/h1-8H. The second-order valence-electron chi connectivity index (χ2n) is 4.50. The molecule has 0 atom stereocenters. The maximum atomic E-state index is 12.8. The van der Waals surface area contributed by atoms with Gasteiger partial charge in [-0.25, -0.2) is 4.39 Å². The van der Waals surface area contributed by atoms with Crippen LogP contribution < -0.4 is 4.74 Å². The molecule has 23 heavy (non-hydrogen) atoms. The zero-order chi connectivity index (χ0) is 16.4. The highest BCUT2D eigenvalue weighted by molar-refractivity contribution is 5.57. The Labute approximate surface area is 127 Å². The fourth-order valence-electron chi connectivity index (χ4n) is 1.79. The van der Waals surface area contributed by atoms with E-state index >= 15 is 0 Å². The summed E-state index contributed by atoms with van der Waals surface area (Å²) in [5.41, 5.74) is 0.295. The minimum Gasteiger partial charge on any atom is -0.457 e. The zero-order valence-electron chi connectivity index (χ0n) is 11.3. The van der Waals surface area contributed by atoms with Gasteiger partial charge in [0, 0.05) is 5.56 Å². The van der Waals surface area contributed by atoms with E-state index in [0.717, 1.165) is 0 Å². The van der Waals surface area contributed by atoms with E-state index in [-0.39, 0.29) is 5.82 Å². The molecule has 0 aliphatic heterocycles. The quantitative estimate of drug-likeness (QED) is 0.656. The molecule has 0 spiro atoms. The SMILES string of the molecule is Fc1ccc(Oc2cccc(-c3noc(C(F)(F)F)n3)c2)cc1. The molecule has 1 aromatic heterocycles. The van der Waals surface area contributed by atoms with Gasteiger partial charge in [0.05, 0.1) is 0 Å². The maximum absolute atomic E-state index is 12.8. The van der Waals surface area contributed by atoms with Crippen LogP contribution in [0.1, 0.15) is 5.89 Å². The summed E-state index contributed by atoms with van der Waals surface area (Å²) in [7, 11) is 0. The summed E-state index contributed by atoms with van der Waals surface area (Å²) in [5.74, 6) is -1.31. The van der Waals surface area contributed by atoms with E-state index < -0.39 is 17.9 Å². The van der Waals surface area contributed by atoms with E-state index in [2.05, 4.69) is 14.7 Å². The lowest BCUT2D eigenvalue weighted by Gasteiger charge is -2.06. The zero-order valence-corrected chi connectivity index (χ0v) is 11.3. The first kappa shape index (κ1) is 15.0. The molecule has 0 fully saturated rings. The van der Waals surface area contributed by atoms with Crippen LogP contribution >= 0.6 is 0 Å². The predicted octanol–water partition coefficient (Wildman–Crippen LogP) is 4.69. The minimum absolute atomic E-state index is 0.207. The van der Waals surface area contributed by atoms with Crippen LogP contribution in [0, 0.1) is 5.82 Å². The molecule has 0 N–H and O–H groups in total. The molecule has 0 unspecified atom stereocenters. The fourth-order valence-corrected chi connectivity index (χ4v) is 1.79.